The first-order valence-corrected chi connectivity index (χ1v) is 9.06. The lowest BCUT2D eigenvalue weighted by Crippen LogP contribution is -2.34. The van der Waals surface area contributed by atoms with Gasteiger partial charge < -0.3 is 14.8 Å². The SMILES string of the molecule is CN(c1ncnc2[nH]ccc12)C1C[C@@]2(C)CN(CCC#N)C[C@@]2(C)C1. The fraction of sp³-hybridized carbons (Fsp3) is 0.632. The third-order valence-corrected chi connectivity index (χ3v) is 6.73. The Bertz CT molecular complexity index is 803. The molecule has 2 aliphatic rings. The maximum Gasteiger partial charge on any atom is 0.142 e. The van der Waals surface area contributed by atoms with Gasteiger partial charge in [-0.2, -0.15) is 5.26 Å². The largest absolute Gasteiger partial charge is 0.356 e. The highest BCUT2D eigenvalue weighted by atomic mass is 15.2. The molecule has 0 amide bonds. The number of aromatic nitrogens is 3. The second kappa shape index (κ2) is 5.70. The number of fused-ring (bicyclic) bond motifs is 2. The minimum atomic E-state index is 0.297. The molecule has 1 saturated carbocycles. The van der Waals surface area contributed by atoms with Gasteiger partial charge in [0, 0.05) is 45.3 Å². The molecule has 1 aliphatic carbocycles. The molecule has 25 heavy (non-hydrogen) atoms. The van der Waals surface area contributed by atoms with Crippen LogP contribution in [-0.2, 0) is 0 Å². The summed E-state index contributed by atoms with van der Waals surface area (Å²) in [6, 6.07) is 4.83. The van der Waals surface area contributed by atoms with Crippen molar-refractivity contribution in [3.8, 4) is 6.07 Å². The van der Waals surface area contributed by atoms with Crippen LogP contribution in [0.5, 0.6) is 0 Å². The number of hydrogen-bond donors (Lipinski definition) is 1. The van der Waals surface area contributed by atoms with E-state index in [1.54, 1.807) is 6.33 Å². The second-order valence-corrected chi connectivity index (χ2v) is 8.35. The van der Waals surface area contributed by atoms with Crippen LogP contribution in [0.25, 0.3) is 11.0 Å². The lowest BCUT2D eigenvalue weighted by Gasteiger charge is -2.32. The molecule has 6 nitrogen and oxygen atoms in total. The van der Waals surface area contributed by atoms with E-state index in [1.165, 1.54) is 12.8 Å². The summed E-state index contributed by atoms with van der Waals surface area (Å²) in [4.78, 5) is 16.9. The van der Waals surface area contributed by atoms with E-state index in [1.807, 2.05) is 6.20 Å². The molecule has 3 atom stereocenters. The third-order valence-electron chi connectivity index (χ3n) is 6.73. The molecule has 1 N–H and O–H groups in total. The Balaban J connectivity index is 1.55. The van der Waals surface area contributed by atoms with Crippen LogP contribution in [-0.4, -0.2) is 52.6 Å². The topological polar surface area (TPSA) is 71.8 Å². The molecule has 2 aromatic heterocycles. The van der Waals surface area contributed by atoms with Gasteiger partial charge >= 0.3 is 0 Å². The highest BCUT2D eigenvalue weighted by Crippen LogP contribution is 2.58. The first-order valence-electron chi connectivity index (χ1n) is 9.06. The van der Waals surface area contributed by atoms with Crippen LogP contribution in [0.3, 0.4) is 0 Å². The van der Waals surface area contributed by atoms with Crippen LogP contribution in [0.4, 0.5) is 5.82 Å². The van der Waals surface area contributed by atoms with Crippen LogP contribution in [0, 0.1) is 22.2 Å². The molecule has 4 rings (SSSR count). The molecule has 1 aliphatic heterocycles. The van der Waals surface area contributed by atoms with Crippen LogP contribution < -0.4 is 4.90 Å². The second-order valence-electron chi connectivity index (χ2n) is 8.35. The predicted octanol–water partition coefficient (Wildman–Crippen LogP) is 2.80. The van der Waals surface area contributed by atoms with Gasteiger partial charge in [-0.1, -0.05) is 13.8 Å². The van der Waals surface area contributed by atoms with Gasteiger partial charge in [-0.15, -0.1) is 0 Å². The average Bonchev–Trinajstić information content (AvgIpc) is 3.20. The molecule has 0 radical (unpaired) electrons. The zero-order valence-corrected chi connectivity index (χ0v) is 15.3. The Morgan fingerprint density at radius 2 is 2.04 bits per heavy atom. The Kier molecular flexibility index (Phi) is 3.73. The van der Waals surface area contributed by atoms with Crippen molar-refractivity contribution in [1.29, 1.82) is 5.26 Å². The van der Waals surface area contributed by atoms with Crippen molar-refractivity contribution in [3.05, 3.63) is 18.6 Å². The van der Waals surface area contributed by atoms with E-state index in [9.17, 15) is 0 Å². The summed E-state index contributed by atoms with van der Waals surface area (Å²) in [7, 11) is 2.17. The fourth-order valence-electron chi connectivity index (χ4n) is 5.11. The molecular formula is C19H26N6. The van der Waals surface area contributed by atoms with Crippen molar-refractivity contribution >= 4 is 16.9 Å². The number of nitriles is 1. The number of rotatable bonds is 4. The van der Waals surface area contributed by atoms with Crippen LogP contribution in [0.2, 0.25) is 0 Å². The summed E-state index contributed by atoms with van der Waals surface area (Å²) in [6.45, 7) is 7.95. The molecule has 1 unspecified atom stereocenters. The van der Waals surface area contributed by atoms with Crippen LogP contribution >= 0.6 is 0 Å². The van der Waals surface area contributed by atoms with E-state index in [4.69, 9.17) is 5.26 Å². The molecule has 2 fully saturated rings. The van der Waals surface area contributed by atoms with Gasteiger partial charge in [0.15, 0.2) is 0 Å². The van der Waals surface area contributed by atoms with Crippen molar-refractivity contribution in [2.45, 2.75) is 39.2 Å². The molecule has 0 bridgehead atoms. The number of aromatic amines is 1. The van der Waals surface area contributed by atoms with E-state index in [0.29, 0.717) is 23.3 Å². The van der Waals surface area contributed by atoms with E-state index < -0.39 is 0 Å². The predicted molar refractivity (Wildman–Crippen MR) is 98.2 cm³/mol. The summed E-state index contributed by atoms with van der Waals surface area (Å²) in [5.74, 6) is 1.02. The van der Waals surface area contributed by atoms with Gasteiger partial charge in [0.2, 0.25) is 0 Å². The van der Waals surface area contributed by atoms with Crippen molar-refractivity contribution in [1.82, 2.24) is 19.9 Å². The maximum atomic E-state index is 8.87. The third kappa shape index (κ3) is 2.49. The van der Waals surface area contributed by atoms with E-state index >= 15 is 0 Å². The molecule has 0 spiro atoms. The van der Waals surface area contributed by atoms with Crippen molar-refractivity contribution < 1.29 is 0 Å². The molecule has 0 aromatic carbocycles. The number of H-pyrrole nitrogens is 1. The highest BCUT2D eigenvalue weighted by Gasteiger charge is 2.58. The summed E-state index contributed by atoms with van der Waals surface area (Å²) in [5, 5.41) is 9.96. The van der Waals surface area contributed by atoms with E-state index in [2.05, 4.69) is 57.8 Å². The van der Waals surface area contributed by atoms with Gasteiger partial charge in [0.25, 0.3) is 0 Å². The first kappa shape index (κ1) is 16.3. The Morgan fingerprint density at radius 3 is 2.72 bits per heavy atom. The number of anilines is 1. The molecule has 2 aromatic rings. The number of nitrogens with zero attached hydrogens (tertiary/aromatic N) is 5. The normalized spacial score (nSPS) is 32.0. The summed E-state index contributed by atoms with van der Waals surface area (Å²) < 4.78 is 0. The lowest BCUT2D eigenvalue weighted by atomic mass is 9.71. The monoisotopic (exact) mass is 338 g/mol. The number of nitrogens with one attached hydrogen (secondary N) is 1. The molecule has 1 saturated heterocycles. The van der Waals surface area contributed by atoms with Crippen LogP contribution in [0.15, 0.2) is 18.6 Å². The Hall–Kier alpha value is -2.13. The van der Waals surface area contributed by atoms with Gasteiger partial charge in [-0.3, -0.25) is 0 Å². The molecule has 3 heterocycles. The highest BCUT2D eigenvalue weighted by molar-refractivity contribution is 5.87. The van der Waals surface area contributed by atoms with Gasteiger partial charge in [0.05, 0.1) is 11.5 Å². The van der Waals surface area contributed by atoms with Gasteiger partial charge in [-0.05, 0) is 29.7 Å². The van der Waals surface area contributed by atoms with Gasteiger partial charge in [-0.25, -0.2) is 9.97 Å². The van der Waals surface area contributed by atoms with E-state index in [0.717, 1.165) is 36.5 Å². The van der Waals surface area contributed by atoms with Crippen molar-refractivity contribution in [2.75, 3.05) is 31.6 Å². The Labute approximate surface area is 148 Å². The number of likely N-dealkylation sites (tertiary alicyclic amines) is 1. The lowest BCUT2D eigenvalue weighted by molar-refractivity contribution is 0.184. The zero-order valence-electron chi connectivity index (χ0n) is 15.3. The smallest absolute Gasteiger partial charge is 0.142 e. The maximum absolute atomic E-state index is 8.87. The minimum absolute atomic E-state index is 0.297. The van der Waals surface area contributed by atoms with Gasteiger partial charge in [0.1, 0.15) is 17.8 Å². The van der Waals surface area contributed by atoms with Crippen LogP contribution in [0.1, 0.15) is 33.1 Å². The minimum Gasteiger partial charge on any atom is -0.356 e. The Morgan fingerprint density at radius 1 is 1.32 bits per heavy atom. The standard InChI is InChI=1S/C19H26N6/c1-18-9-14(10-19(18,2)12-25(11-18)8-4-6-20)24(3)17-15-5-7-21-16(15)22-13-23-17/h5,7,13-14H,4,8-12H2,1-3H3,(H,21,22,23)/t14?,18-,19+. The summed E-state index contributed by atoms with van der Waals surface area (Å²) >= 11 is 0. The molecule has 6 heteroatoms. The number of hydrogen-bond acceptors (Lipinski definition) is 5. The van der Waals surface area contributed by atoms with Crippen molar-refractivity contribution in [2.24, 2.45) is 10.8 Å². The first-order chi connectivity index (χ1) is 12.0. The van der Waals surface area contributed by atoms with E-state index in [-0.39, 0.29) is 0 Å². The van der Waals surface area contributed by atoms with Crippen molar-refractivity contribution in [3.63, 3.8) is 0 Å². The summed E-state index contributed by atoms with van der Waals surface area (Å²) in [6.07, 6.45) is 6.53. The fourth-order valence-corrected chi connectivity index (χ4v) is 5.11. The quantitative estimate of drug-likeness (QED) is 0.928. The average molecular weight is 338 g/mol. The molecule has 132 valence electrons. The molecular weight excluding hydrogens is 312 g/mol. The zero-order chi connectivity index (χ0) is 17.7. The summed E-state index contributed by atoms with van der Waals surface area (Å²) in [5.41, 5.74) is 1.49.